The fraction of sp³-hybridized carbons (Fsp3) is 0.909. The minimum Gasteiger partial charge on any atom is -0.198 e. The normalized spacial score (nSPS) is 12.4. The van der Waals surface area contributed by atoms with Crippen LogP contribution in [0.25, 0.3) is 0 Å². The molecular formula is C11H21N. The van der Waals surface area contributed by atoms with Crippen LogP contribution in [0.5, 0.6) is 0 Å². The largest absolute Gasteiger partial charge is 0.198 e. The molecule has 0 saturated heterocycles. The fourth-order valence-corrected chi connectivity index (χ4v) is 1.42. The fourth-order valence-electron chi connectivity index (χ4n) is 1.42. The number of hydrogen-bond acceptors (Lipinski definition) is 1. The first kappa shape index (κ1) is 11.5. The molecule has 0 rings (SSSR count). The highest BCUT2D eigenvalue weighted by molar-refractivity contribution is 4.69. The average Bonchev–Trinajstić information content (AvgIpc) is 2.06. The number of nitrogens with zero attached hydrogens (tertiary/aromatic N) is 1. The van der Waals surface area contributed by atoms with E-state index in [4.69, 9.17) is 5.26 Å². The van der Waals surface area contributed by atoms with Crippen molar-refractivity contribution in [2.45, 2.75) is 58.8 Å². The summed E-state index contributed by atoms with van der Waals surface area (Å²) in [6.07, 6.45) is 8.44. The Bertz CT molecular complexity index is 123. The lowest BCUT2D eigenvalue weighted by atomic mass is 9.98. The summed E-state index contributed by atoms with van der Waals surface area (Å²) < 4.78 is 0. The van der Waals surface area contributed by atoms with Crippen LogP contribution in [0.3, 0.4) is 0 Å². The number of unbranched alkanes of at least 4 members (excludes halogenated alkanes) is 3. The molecule has 0 bridgehead atoms. The van der Waals surface area contributed by atoms with Crippen molar-refractivity contribution in [3.63, 3.8) is 0 Å². The zero-order valence-electron chi connectivity index (χ0n) is 8.47. The molecular weight excluding hydrogens is 146 g/mol. The third kappa shape index (κ3) is 7.60. The standard InChI is InChI=1S/C11H21N/c1-3-4-5-8-11(2)9-6-7-10-12/h11H,3-9H2,1-2H3/t11-/m0/s1. The summed E-state index contributed by atoms with van der Waals surface area (Å²) in [5.41, 5.74) is 0. The first-order valence-electron chi connectivity index (χ1n) is 5.18. The Labute approximate surface area is 76.8 Å². The molecule has 0 radical (unpaired) electrons. The lowest BCUT2D eigenvalue weighted by Crippen LogP contribution is -1.94. The molecule has 0 amide bonds. The van der Waals surface area contributed by atoms with Gasteiger partial charge in [0, 0.05) is 6.42 Å². The van der Waals surface area contributed by atoms with Crippen LogP contribution >= 0.6 is 0 Å². The summed E-state index contributed by atoms with van der Waals surface area (Å²) in [5, 5.41) is 8.34. The number of hydrogen-bond donors (Lipinski definition) is 0. The highest BCUT2D eigenvalue weighted by Crippen LogP contribution is 2.15. The van der Waals surface area contributed by atoms with Gasteiger partial charge < -0.3 is 0 Å². The van der Waals surface area contributed by atoms with Crippen LogP contribution in [0.1, 0.15) is 58.8 Å². The quantitative estimate of drug-likeness (QED) is 0.527. The third-order valence-electron chi connectivity index (χ3n) is 2.29. The molecule has 0 spiro atoms. The maximum absolute atomic E-state index is 8.34. The van der Waals surface area contributed by atoms with Crippen LogP contribution < -0.4 is 0 Å². The predicted molar refractivity (Wildman–Crippen MR) is 52.8 cm³/mol. The lowest BCUT2D eigenvalue weighted by Gasteiger charge is -2.08. The van der Waals surface area contributed by atoms with Gasteiger partial charge in [-0.25, -0.2) is 0 Å². The van der Waals surface area contributed by atoms with Gasteiger partial charge in [-0.15, -0.1) is 0 Å². The molecule has 0 aromatic carbocycles. The van der Waals surface area contributed by atoms with Crippen molar-refractivity contribution in [1.29, 1.82) is 5.26 Å². The van der Waals surface area contributed by atoms with Crippen LogP contribution in [-0.4, -0.2) is 0 Å². The molecule has 0 aliphatic carbocycles. The van der Waals surface area contributed by atoms with Gasteiger partial charge in [0.1, 0.15) is 0 Å². The van der Waals surface area contributed by atoms with E-state index in [1.807, 2.05) is 0 Å². The van der Waals surface area contributed by atoms with Crippen molar-refractivity contribution < 1.29 is 0 Å². The molecule has 1 nitrogen and oxygen atoms in total. The van der Waals surface area contributed by atoms with Crippen LogP contribution in [0.15, 0.2) is 0 Å². The third-order valence-corrected chi connectivity index (χ3v) is 2.29. The maximum atomic E-state index is 8.34. The van der Waals surface area contributed by atoms with Gasteiger partial charge in [-0.1, -0.05) is 39.5 Å². The number of nitriles is 1. The van der Waals surface area contributed by atoms with Gasteiger partial charge in [0.2, 0.25) is 0 Å². The summed E-state index contributed by atoms with van der Waals surface area (Å²) in [7, 11) is 0. The zero-order valence-corrected chi connectivity index (χ0v) is 8.47. The Balaban J connectivity index is 3.11. The van der Waals surface area contributed by atoms with Gasteiger partial charge in [-0.3, -0.25) is 0 Å². The van der Waals surface area contributed by atoms with Crippen molar-refractivity contribution in [2.24, 2.45) is 5.92 Å². The maximum Gasteiger partial charge on any atom is 0.0621 e. The Kier molecular flexibility index (Phi) is 8.22. The lowest BCUT2D eigenvalue weighted by molar-refractivity contribution is 0.453. The Morgan fingerprint density at radius 1 is 1.17 bits per heavy atom. The van der Waals surface area contributed by atoms with Crippen LogP contribution in [0, 0.1) is 17.2 Å². The van der Waals surface area contributed by atoms with E-state index in [0.717, 1.165) is 18.8 Å². The second-order valence-electron chi connectivity index (χ2n) is 3.65. The van der Waals surface area contributed by atoms with E-state index in [-0.39, 0.29) is 0 Å². The first-order chi connectivity index (χ1) is 5.81. The molecule has 0 saturated carbocycles. The molecule has 0 unspecified atom stereocenters. The Morgan fingerprint density at radius 2 is 1.83 bits per heavy atom. The van der Waals surface area contributed by atoms with E-state index in [9.17, 15) is 0 Å². The highest BCUT2D eigenvalue weighted by Gasteiger charge is 2.00. The summed E-state index contributed by atoms with van der Waals surface area (Å²) in [6.45, 7) is 4.54. The van der Waals surface area contributed by atoms with Crippen molar-refractivity contribution in [1.82, 2.24) is 0 Å². The van der Waals surface area contributed by atoms with Gasteiger partial charge in [0.15, 0.2) is 0 Å². The van der Waals surface area contributed by atoms with Gasteiger partial charge in [-0.05, 0) is 18.8 Å². The number of rotatable bonds is 7. The van der Waals surface area contributed by atoms with Crippen LogP contribution in [-0.2, 0) is 0 Å². The SMILES string of the molecule is CCCCC[C@H](C)CCCC#N. The molecule has 12 heavy (non-hydrogen) atoms. The average molecular weight is 167 g/mol. The molecule has 1 atom stereocenters. The summed E-state index contributed by atoms with van der Waals surface area (Å²) in [6, 6.07) is 2.19. The molecule has 0 aliphatic heterocycles. The molecule has 0 aromatic heterocycles. The van der Waals surface area contributed by atoms with Gasteiger partial charge in [0.25, 0.3) is 0 Å². The van der Waals surface area contributed by atoms with Gasteiger partial charge >= 0.3 is 0 Å². The minimum atomic E-state index is 0.734. The minimum absolute atomic E-state index is 0.734. The second kappa shape index (κ2) is 8.59. The molecule has 0 aromatic rings. The molecule has 0 fully saturated rings. The topological polar surface area (TPSA) is 23.8 Å². The molecule has 0 N–H and O–H groups in total. The first-order valence-corrected chi connectivity index (χ1v) is 5.18. The van der Waals surface area contributed by atoms with Crippen molar-refractivity contribution in [2.75, 3.05) is 0 Å². The smallest absolute Gasteiger partial charge is 0.0621 e. The predicted octanol–water partition coefficient (Wildman–Crippen LogP) is 3.90. The molecule has 0 aliphatic rings. The summed E-state index contributed by atoms with van der Waals surface area (Å²) >= 11 is 0. The van der Waals surface area contributed by atoms with Crippen LogP contribution in [0.2, 0.25) is 0 Å². The van der Waals surface area contributed by atoms with Gasteiger partial charge in [0.05, 0.1) is 6.07 Å². The van der Waals surface area contributed by atoms with E-state index in [1.165, 1.54) is 32.1 Å². The van der Waals surface area contributed by atoms with Crippen LogP contribution in [0.4, 0.5) is 0 Å². The Hall–Kier alpha value is -0.510. The monoisotopic (exact) mass is 167 g/mol. The van der Waals surface area contributed by atoms with E-state index >= 15 is 0 Å². The van der Waals surface area contributed by atoms with E-state index < -0.39 is 0 Å². The molecule has 0 heterocycles. The molecule has 70 valence electrons. The highest BCUT2D eigenvalue weighted by atomic mass is 14.2. The Morgan fingerprint density at radius 3 is 2.42 bits per heavy atom. The van der Waals surface area contributed by atoms with E-state index in [1.54, 1.807) is 0 Å². The zero-order chi connectivity index (χ0) is 9.23. The second-order valence-corrected chi connectivity index (χ2v) is 3.65. The van der Waals surface area contributed by atoms with E-state index in [0.29, 0.717) is 0 Å². The van der Waals surface area contributed by atoms with Gasteiger partial charge in [-0.2, -0.15) is 5.26 Å². The van der Waals surface area contributed by atoms with Crippen molar-refractivity contribution >= 4 is 0 Å². The summed E-state index contributed by atoms with van der Waals surface area (Å²) in [5.74, 6) is 0.824. The summed E-state index contributed by atoms with van der Waals surface area (Å²) in [4.78, 5) is 0. The van der Waals surface area contributed by atoms with Crippen molar-refractivity contribution in [3.05, 3.63) is 0 Å². The van der Waals surface area contributed by atoms with Crippen molar-refractivity contribution in [3.8, 4) is 6.07 Å². The molecule has 1 heteroatoms. The van der Waals surface area contributed by atoms with E-state index in [2.05, 4.69) is 19.9 Å².